The standard InChI is InChI=1S/C19H24BrN3O3S/c1-5-27(25,26)14-6-7-17(20)15(8-14)18(24)23-11-16(19(2,3)12-23)13-9-21-22(4)10-13/h6-10,16H,5,11-12H2,1-4H3. The minimum absolute atomic E-state index is 0.00207. The van der Waals surface area contributed by atoms with Gasteiger partial charge in [0, 0.05) is 36.7 Å². The largest absolute Gasteiger partial charge is 0.337 e. The van der Waals surface area contributed by atoms with Crippen LogP contribution in [0.5, 0.6) is 0 Å². The maximum Gasteiger partial charge on any atom is 0.255 e. The van der Waals surface area contributed by atoms with Gasteiger partial charge in [-0.05, 0) is 45.1 Å². The number of aryl methyl sites for hydroxylation is 1. The Morgan fingerprint density at radius 1 is 1.37 bits per heavy atom. The highest BCUT2D eigenvalue weighted by molar-refractivity contribution is 9.10. The van der Waals surface area contributed by atoms with E-state index in [-0.39, 0.29) is 27.9 Å². The third kappa shape index (κ3) is 3.82. The number of benzene rings is 1. The number of carbonyl (C=O) groups is 1. The molecule has 1 unspecified atom stereocenters. The van der Waals surface area contributed by atoms with Crippen LogP contribution >= 0.6 is 15.9 Å². The van der Waals surface area contributed by atoms with Gasteiger partial charge in [0.1, 0.15) is 0 Å². The minimum Gasteiger partial charge on any atom is -0.337 e. The number of rotatable bonds is 4. The van der Waals surface area contributed by atoms with Crippen molar-refractivity contribution < 1.29 is 13.2 Å². The predicted octanol–water partition coefficient (Wildman–Crippen LogP) is 3.24. The topological polar surface area (TPSA) is 72.3 Å². The number of nitrogens with zero attached hydrogens (tertiary/aromatic N) is 3. The summed E-state index contributed by atoms with van der Waals surface area (Å²) >= 11 is 3.40. The fourth-order valence-electron chi connectivity index (χ4n) is 3.66. The van der Waals surface area contributed by atoms with Crippen LogP contribution in [0.25, 0.3) is 0 Å². The number of aromatic nitrogens is 2. The van der Waals surface area contributed by atoms with Crippen LogP contribution in [0.2, 0.25) is 0 Å². The van der Waals surface area contributed by atoms with Crippen molar-refractivity contribution in [2.24, 2.45) is 12.5 Å². The Kier molecular flexibility index (Phi) is 5.24. The molecule has 0 saturated carbocycles. The first-order valence-electron chi connectivity index (χ1n) is 8.85. The van der Waals surface area contributed by atoms with Gasteiger partial charge >= 0.3 is 0 Å². The summed E-state index contributed by atoms with van der Waals surface area (Å²) in [7, 11) is -1.49. The van der Waals surface area contributed by atoms with Gasteiger partial charge in [0.25, 0.3) is 5.91 Å². The Labute approximate surface area is 168 Å². The monoisotopic (exact) mass is 453 g/mol. The molecular weight excluding hydrogens is 430 g/mol. The van der Waals surface area contributed by atoms with Gasteiger partial charge in [-0.25, -0.2) is 8.42 Å². The van der Waals surface area contributed by atoms with Crippen LogP contribution < -0.4 is 0 Å². The highest BCUT2D eigenvalue weighted by atomic mass is 79.9. The molecule has 1 aromatic carbocycles. The number of hydrogen-bond donors (Lipinski definition) is 0. The van der Waals surface area contributed by atoms with Gasteiger partial charge in [0.2, 0.25) is 0 Å². The van der Waals surface area contributed by atoms with Crippen LogP contribution in [0.3, 0.4) is 0 Å². The second kappa shape index (κ2) is 7.05. The van der Waals surface area contributed by atoms with Crippen LogP contribution in [0, 0.1) is 5.41 Å². The number of amides is 1. The van der Waals surface area contributed by atoms with Crippen molar-refractivity contribution in [3.8, 4) is 0 Å². The van der Waals surface area contributed by atoms with Gasteiger partial charge in [0.15, 0.2) is 9.84 Å². The molecule has 2 heterocycles. The third-order valence-electron chi connectivity index (χ3n) is 5.27. The van der Waals surface area contributed by atoms with E-state index in [0.29, 0.717) is 23.1 Å². The lowest BCUT2D eigenvalue weighted by molar-refractivity contribution is 0.0777. The van der Waals surface area contributed by atoms with E-state index < -0.39 is 9.84 Å². The summed E-state index contributed by atoms with van der Waals surface area (Å²) in [6.07, 6.45) is 3.84. The Balaban J connectivity index is 1.92. The first kappa shape index (κ1) is 20.1. The Morgan fingerprint density at radius 2 is 2.07 bits per heavy atom. The summed E-state index contributed by atoms with van der Waals surface area (Å²) in [5, 5.41) is 4.26. The Hall–Kier alpha value is -1.67. The minimum atomic E-state index is -3.37. The van der Waals surface area contributed by atoms with Gasteiger partial charge in [-0.1, -0.05) is 20.8 Å². The van der Waals surface area contributed by atoms with E-state index in [1.54, 1.807) is 22.6 Å². The fourth-order valence-corrected chi connectivity index (χ4v) is 4.99. The zero-order valence-corrected chi connectivity index (χ0v) is 18.3. The number of halogens is 1. The van der Waals surface area contributed by atoms with Gasteiger partial charge in [0.05, 0.1) is 22.4 Å². The Morgan fingerprint density at radius 3 is 2.67 bits per heavy atom. The number of sulfone groups is 1. The summed E-state index contributed by atoms with van der Waals surface area (Å²) in [6.45, 7) is 7.06. The van der Waals surface area contributed by atoms with Crippen LogP contribution in [0.4, 0.5) is 0 Å². The van der Waals surface area contributed by atoms with Crippen molar-refractivity contribution in [3.05, 3.63) is 46.2 Å². The first-order chi connectivity index (χ1) is 12.5. The molecule has 3 rings (SSSR count). The Bertz CT molecular complexity index is 982. The van der Waals surface area contributed by atoms with Crippen molar-refractivity contribution in [1.82, 2.24) is 14.7 Å². The van der Waals surface area contributed by atoms with Gasteiger partial charge < -0.3 is 4.90 Å². The molecule has 1 aromatic heterocycles. The molecule has 1 aliphatic heterocycles. The lowest BCUT2D eigenvalue weighted by Gasteiger charge is -2.24. The number of hydrogen-bond acceptors (Lipinski definition) is 4. The normalized spacial score (nSPS) is 19.4. The van der Waals surface area contributed by atoms with Crippen LogP contribution in [-0.2, 0) is 16.9 Å². The summed E-state index contributed by atoms with van der Waals surface area (Å²) in [5.74, 6) is 0.0215. The lowest BCUT2D eigenvalue weighted by Crippen LogP contribution is -2.30. The smallest absolute Gasteiger partial charge is 0.255 e. The van der Waals surface area contributed by atoms with Crippen molar-refractivity contribution in [2.75, 3.05) is 18.8 Å². The van der Waals surface area contributed by atoms with Crippen LogP contribution in [0.15, 0.2) is 40.0 Å². The fraction of sp³-hybridized carbons (Fsp3) is 0.474. The molecule has 1 fully saturated rings. The van der Waals surface area contributed by atoms with Crippen molar-refractivity contribution in [2.45, 2.75) is 31.6 Å². The molecule has 2 aromatic rings. The van der Waals surface area contributed by atoms with E-state index in [2.05, 4.69) is 34.9 Å². The lowest BCUT2D eigenvalue weighted by atomic mass is 9.79. The van der Waals surface area contributed by atoms with Crippen molar-refractivity contribution in [1.29, 1.82) is 0 Å². The highest BCUT2D eigenvalue weighted by Crippen LogP contribution is 2.43. The van der Waals surface area contributed by atoms with Crippen LogP contribution in [0.1, 0.15) is 42.6 Å². The zero-order valence-electron chi connectivity index (χ0n) is 15.9. The van der Waals surface area contributed by atoms with Gasteiger partial charge in [-0.3, -0.25) is 9.48 Å². The van der Waals surface area contributed by atoms with E-state index in [1.807, 2.05) is 19.4 Å². The van der Waals surface area contributed by atoms with E-state index in [4.69, 9.17) is 0 Å². The SMILES string of the molecule is CCS(=O)(=O)c1ccc(Br)c(C(=O)N2CC(c3cnn(C)c3)C(C)(C)C2)c1. The molecule has 27 heavy (non-hydrogen) atoms. The molecule has 0 spiro atoms. The summed E-state index contributed by atoms with van der Waals surface area (Å²) < 4.78 is 26.8. The maximum atomic E-state index is 13.2. The van der Waals surface area contributed by atoms with Gasteiger partial charge in [-0.2, -0.15) is 5.10 Å². The van der Waals surface area contributed by atoms with Crippen molar-refractivity contribution >= 4 is 31.7 Å². The van der Waals surface area contributed by atoms with E-state index in [1.165, 1.54) is 12.1 Å². The molecule has 1 aliphatic rings. The number of likely N-dealkylation sites (tertiary alicyclic amines) is 1. The highest BCUT2D eigenvalue weighted by Gasteiger charge is 2.43. The van der Waals surface area contributed by atoms with Crippen LogP contribution in [-0.4, -0.2) is 47.8 Å². The molecule has 1 atom stereocenters. The summed E-state index contributed by atoms with van der Waals surface area (Å²) in [6, 6.07) is 4.65. The molecule has 8 heteroatoms. The zero-order chi connectivity index (χ0) is 20.0. The molecule has 0 N–H and O–H groups in total. The second-order valence-corrected chi connectivity index (χ2v) is 10.9. The molecule has 1 saturated heterocycles. The predicted molar refractivity (Wildman–Crippen MR) is 108 cm³/mol. The van der Waals surface area contributed by atoms with E-state index >= 15 is 0 Å². The molecule has 1 amide bonds. The first-order valence-corrected chi connectivity index (χ1v) is 11.3. The molecular formula is C19H24BrN3O3S. The average molecular weight is 454 g/mol. The molecule has 6 nitrogen and oxygen atoms in total. The molecule has 0 aliphatic carbocycles. The second-order valence-electron chi connectivity index (χ2n) is 7.72. The van der Waals surface area contributed by atoms with Crippen molar-refractivity contribution in [3.63, 3.8) is 0 Å². The molecule has 0 radical (unpaired) electrons. The summed E-state index contributed by atoms with van der Waals surface area (Å²) in [5.41, 5.74) is 1.39. The average Bonchev–Trinajstić information content (AvgIpc) is 3.16. The molecule has 0 bridgehead atoms. The quantitative estimate of drug-likeness (QED) is 0.711. The molecule has 146 valence electrons. The van der Waals surface area contributed by atoms with E-state index in [9.17, 15) is 13.2 Å². The van der Waals surface area contributed by atoms with E-state index in [0.717, 1.165) is 5.56 Å². The summed E-state index contributed by atoms with van der Waals surface area (Å²) in [4.78, 5) is 15.2. The maximum absolute atomic E-state index is 13.2. The van der Waals surface area contributed by atoms with Gasteiger partial charge in [-0.15, -0.1) is 0 Å². The third-order valence-corrected chi connectivity index (χ3v) is 7.69. The number of carbonyl (C=O) groups excluding carboxylic acids is 1.